The highest BCUT2D eigenvalue weighted by Crippen LogP contribution is 2.23. The van der Waals surface area contributed by atoms with Crippen LogP contribution in [0.25, 0.3) is 0 Å². The summed E-state index contributed by atoms with van der Waals surface area (Å²) >= 11 is 0. The van der Waals surface area contributed by atoms with Gasteiger partial charge >= 0.3 is 6.41 Å². The van der Waals surface area contributed by atoms with Crippen LogP contribution in [0.15, 0.2) is 96.1 Å². The Morgan fingerprint density at radius 2 is 1.16 bits per heavy atom. The number of ether oxygens (including phenoxy) is 2. The predicted octanol–water partition coefficient (Wildman–Crippen LogP) is 4.94. The number of benzene rings is 3. The third-order valence-electron chi connectivity index (χ3n) is 3.42. The molecule has 3 aromatic rings. The minimum absolute atomic E-state index is 0.704. The molecule has 0 aromatic heterocycles. The lowest BCUT2D eigenvalue weighted by molar-refractivity contribution is 0.00382. The Bertz CT molecular complexity index is 735. The first-order valence-electron chi connectivity index (χ1n) is 8.13. The summed E-state index contributed by atoms with van der Waals surface area (Å²) in [5.74, 6) is 1.41. The summed E-state index contributed by atoms with van der Waals surface area (Å²) in [7, 11) is 0. The molecule has 3 rings (SSSR count). The van der Waals surface area contributed by atoms with Gasteiger partial charge in [-0.15, -0.1) is 0 Å². The topological polar surface area (TPSA) is 34.1 Å². The lowest BCUT2D eigenvalue weighted by atomic mass is 10.3. The minimum Gasteiger partial charge on any atom is -0.436 e. The predicted molar refractivity (Wildman–Crippen MR) is 101 cm³/mol. The summed E-state index contributed by atoms with van der Waals surface area (Å²) in [6, 6.07) is 28.9. The van der Waals surface area contributed by atoms with Gasteiger partial charge in [0.15, 0.2) is 0 Å². The first-order valence-corrected chi connectivity index (χ1v) is 8.13. The fourth-order valence-electron chi connectivity index (χ4n) is 2.30. The quantitative estimate of drug-likeness (QED) is 0.349. The molecule has 126 valence electrons. The van der Waals surface area contributed by atoms with Gasteiger partial charge in [0, 0.05) is 6.21 Å². The first-order chi connectivity index (χ1) is 12.4. The molecule has 0 aliphatic carbocycles. The fourth-order valence-corrected chi connectivity index (χ4v) is 2.30. The van der Waals surface area contributed by atoms with Crippen molar-refractivity contribution in [3.63, 3.8) is 0 Å². The molecule has 3 aromatic carbocycles. The lowest BCUT2D eigenvalue weighted by Gasteiger charge is -2.29. The summed E-state index contributed by atoms with van der Waals surface area (Å²) in [4.78, 5) is 0. The molecule has 0 aliphatic heterocycles. The summed E-state index contributed by atoms with van der Waals surface area (Å²) in [6.45, 7) is 1.86. The molecule has 0 radical (unpaired) electrons. The highest BCUT2D eigenvalue weighted by atomic mass is 16.7. The summed E-state index contributed by atoms with van der Waals surface area (Å²) in [6.07, 6.45) is 0.964. The van der Waals surface area contributed by atoms with Crippen LogP contribution >= 0.6 is 0 Å². The number of para-hydroxylation sites is 3. The van der Waals surface area contributed by atoms with Crippen molar-refractivity contribution in [2.24, 2.45) is 5.10 Å². The van der Waals surface area contributed by atoms with E-state index in [4.69, 9.17) is 9.47 Å². The molecular formula is C21H20N2O2. The van der Waals surface area contributed by atoms with Crippen molar-refractivity contribution in [3.05, 3.63) is 91.0 Å². The Labute approximate surface area is 147 Å². The van der Waals surface area contributed by atoms with Gasteiger partial charge in [-0.2, -0.15) is 10.1 Å². The SMILES string of the molecule is CC=NN(c1ccccc1)C(Oc1ccccc1)Oc1ccccc1. The van der Waals surface area contributed by atoms with E-state index in [-0.39, 0.29) is 0 Å². The molecule has 0 unspecified atom stereocenters. The Morgan fingerprint density at radius 1 is 0.720 bits per heavy atom. The molecule has 0 atom stereocenters. The lowest BCUT2D eigenvalue weighted by Crippen LogP contribution is -2.40. The number of rotatable bonds is 7. The molecule has 0 spiro atoms. The van der Waals surface area contributed by atoms with Gasteiger partial charge < -0.3 is 9.47 Å². The molecule has 25 heavy (non-hydrogen) atoms. The summed E-state index contributed by atoms with van der Waals surface area (Å²) < 4.78 is 12.2. The second kappa shape index (κ2) is 8.55. The highest BCUT2D eigenvalue weighted by Gasteiger charge is 2.22. The Hall–Kier alpha value is -3.27. The van der Waals surface area contributed by atoms with Gasteiger partial charge in [-0.1, -0.05) is 54.6 Å². The van der Waals surface area contributed by atoms with E-state index in [9.17, 15) is 0 Å². The van der Waals surface area contributed by atoms with Crippen molar-refractivity contribution in [2.75, 3.05) is 5.01 Å². The van der Waals surface area contributed by atoms with Crippen LogP contribution in [0.3, 0.4) is 0 Å². The summed E-state index contributed by atoms with van der Waals surface area (Å²) in [5, 5.41) is 6.15. The number of hydrazone groups is 1. The van der Waals surface area contributed by atoms with Crippen molar-refractivity contribution in [1.82, 2.24) is 0 Å². The van der Waals surface area contributed by atoms with Crippen molar-refractivity contribution in [2.45, 2.75) is 13.3 Å². The maximum atomic E-state index is 6.08. The van der Waals surface area contributed by atoms with Gasteiger partial charge in [0.05, 0.1) is 5.69 Å². The van der Waals surface area contributed by atoms with Crippen molar-refractivity contribution >= 4 is 11.9 Å². The Balaban J connectivity index is 1.92. The fraction of sp³-hybridized carbons (Fsp3) is 0.0952. The van der Waals surface area contributed by atoms with E-state index in [1.165, 1.54) is 0 Å². The molecule has 4 heteroatoms. The number of anilines is 1. The molecule has 0 bridgehead atoms. The maximum Gasteiger partial charge on any atom is 0.347 e. The molecule has 0 aliphatic rings. The van der Waals surface area contributed by atoms with Crippen molar-refractivity contribution in [3.8, 4) is 11.5 Å². The van der Waals surface area contributed by atoms with Gasteiger partial charge in [-0.3, -0.25) is 0 Å². The average molecular weight is 332 g/mol. The van der Waals surface area contributed by atoms with E-state index in [1.807, 2.05) is 97.9 Å². The highest BCUT2D eigenvalue weighted by molar-refractivity contribution is 5.57. The molecule has 0 heterocycles. The zero-order valence-electron chi connectivity index (χ0n) is 14.0. The number of hydrogen-bond donors (Lipinski definition) is 0. The van der Waals surface area contributed by atoms with Crippen LogP contribution in [0.2, 0.25) is 0 Å². The average Bonchev–Trinajstić information content (AvgIpc) is 2.68. The number of nitrogens with zero attached hydrogens (tertiary/aromatic N) is 2. The van der Waals surface area contributed by atoms with Gasteiger partial charge in [0.25, 0.3) is 0 Å². The summed E-state index contributed by atoms with van der Waals surface area (Å²) in [5.41, 5.74) is 0.873. The normalized spacial score (nSPS) is 10.8. The smallest absolute Gasteiger partial charge is 0.347 e. The van der Waals surface area contributed by atoms with Crippen LogP contribution in [0.5, 0.6) is 11.5 Å². The number of hydrogen-bond acceptors (Lipinski definition) is 4. The zero-order chi connectivity index (χ0) is 17.3. The van der Waals surface area contributed by atoms with Crippen molar-refractivity contribution < 1.29 is 9.47 Å². The third-order valence-corrected chi connectivity index (χ3v) is 3.42. The first kappa shape index (κ1) is 16.6. The van der Waals surface area contributed by atoms with Crippen LogP contribution in [0, 0.1) is 0 Å². The van der Waals surface area contributed by atoms with Gasteiger partial charge in [0.2, 0.25) is 0 Å². The van der Waals surface area contributed by atoms with E-state index in [1.54, 1.807) is 11.2 Å². The van der Waals surface area contributed by atoms with E-state index < -0.39 is 6.41 Å². The van der Waals surface area contributed by atoms with Crippen LogP contribution < -0.4 is 14.5 Å². The van der Waals surface area contributed by atoms with Gasteiger partial charge in [-0.05, 0) is 43.3 Å². The van der Waals surface area contributed by atoms with E-state index in [0.29, 0.717) is 11.5 Å². The Kier molecular flexibility index (Phi) is 5.67. The van der Waals surface area contributed by atoms with Crippen LogP contribution in [-0.2, 0) is 0 Å². The molecule has 0 saturated heterocycles. The molecule has 0 N–H and O–H groups in total. The largest absolute Gasteiger partial charge is 0.436 e. The van der Waals surface area contributed by atoms with Crippen LogP contribution in [0.1, 0.15) is 6.92 Å². The molecule has 4 nitrogen and oxygen atoms in total. The molecule has 0 fully saturated rings. The third kappa shape index (κ3) is 4.61. The second-order valence-corrected chi connectivity index (χ2v) is 5.22. The van der Waals surface area contributed by atoms with E-state index in [0.717, 1.165) is 5.69 Å². The maximum absolute atomic E-state index is 6.08. The minimum atomic E-state index is -0.747. The van der Waals surface area contributed by atoms with Crippen LogP contribution in [0.4, 0.5) is 5.69 Å². The van der Waals surface area contributed by atoms with E-state index >= 15 is 0 Å². The zero-order valence-corrected chi connectivity index (χ0v) is 14.0. The van der Waals surface area contributed by atoms with Crippen molar-refractivity contribution in [1.29, 1.82) is 0 Å². The second-order valence-electron chi connectivity index (χ2n) is 5.22. The molecular weight excluding hydrogens is 312 g/mol. The monoisotopic (exact) mass is 332 g/mol. The van der Waals surface area contributed by atoms with Gasteiger partial charge in [0.1, 0.15) is 11.5 Å². The van der Waals surface area contributed by atoms with E-state index in [2.05, 4.69) is 5.10 Å². The van der Waals surface area contributed by atoms with Crippen LogP contribution in [-0.4, -0.2) is 12.6 Å². The standard InChI is InChI=1S/C21H20N2O2/c1-2-22-23(18-12-6-3-7-13-18)21(24-19-14-8-4-9-15-19)25-20-16-10-5-11-17-20/h2-17,21H,1H3. The Morgan fingerprint density at radius 3 is 1.60 bits per heavy atom. The molecule has 0 saturated carbocycles. The van der Waals surface area contributed by atoms with Gasteiger partial charge in [-0.25, -0.2) is 0 Å². The molecule has 0 amide bonds.